The molecule has 0 spiro atoms. The van der Waals surface area contributed by atoms with Gasteiger partial charge in [-0.2, -0.15) is 5.10 Å². The second-order valence-corrected chi connectivity index (χ2v) is 5.93. The van der Waals surface area contributed by atoms with Crippen molar-refractivity contribution in [3.63, 3.8) is 0 Å². The molecular formula is C14H12ClN3S. The SMILES string of the molecule is Cc1c(-c2ccc(Cl)s2)nn(-c2ccccc2)c1N. The maximum absolute atomic E-state index is 6.15. The van der Waals surface area contributed by atoms with Crippen molar-refractivity contribution >= 4 is 28.8 Å². The van der Waals surface area contributed by atoms with Crippen LogP contribution < -0.4 is 5.73 Å². The minimum Gasteiger partial charge on any atom is -0.383 e. The molecule has 3 rings (SSSR count). The van der Waals surface area contributed by atoms with Crippen molar-refractivity contribution in [2.24, 2.45) is 0 Å². The van der Waals surface area contributed by atoms with Gasteiger partial charge < -0.3 is 5.73 Å². The Morgan fingerprint density at radius 1 is 1.16 bits per heavy atom. The van der Waals surface area contributed by atoms with Crippen molar-refractivity contribution < 1.29 is 0 Å². The molecule has 0 atom stereocenters. The highest BCUT2D eigenvalue weighted by molar-refractivity contribution is 7.19. The molecule has 0 aliphatic heterocycles. The third-order valence-electron chi connectivity index (χ3n) is 2.97. The standard InChI is InChI=1S/C14H12ClN3S/c1-9-13(11-7-8-12(15)19-11)17-18(14(9)16)10-5-3-2-4-6-10/h2-8H,16H2,1H3. The quantitative estimate of drug-likeness (QED) is 0.770. The van der Waals surface area contributed by atoms with E-state index in [1.165, 1.54) is 11.3 Å². The van der Waals surface area contributed by atoms with E-state index in [0.29, 0.717) is 5.82 Å². The molecule has 0 radical (unpaired) electrons. The monoisotopic (exact) mass is 289 g/mol. The van der Waals surface area contributed by atoms with E-state index in [0.717, 1.165) is 26.2 Å². The number of hydrogen-bond donors (Lipinski definition) is 1. The average Bonchev–Trinajstić information content (AvgIpc) is 2.97. The molecule has 0 saturated heterocycles. The van der Waals surface area contributed by atoms with Crippen LogP contribution in [0.15, 0.2) is 42.5 Å². The van der Waals surface area contributed by atoms with Crippen LogP contribution in [0.5, 0.6) is 0 Å². The highest BCUT2D eigenvalue weighted by atomic mass is 35.5. The van der Waals surface area contributed by atoms with E-state index in [4.69, 9.17) is 17.3 Å². The van der Waals surface area contributed by atoms with Crippen LogP contribution in [0.1, 0.15) is 5.56 Å². The summed E-state index contributed by atoms with van der Waals surface area (Å²) in [5.74, 6) is 0.658. The molecule has 96 valence electrons. The van der Waals surface area contributed by atoms with Gasteiger partial charge in [0, 0.05) is 5.56 Å². The lowest BCUT2D eigenvalue weighted by molar-refractivity contribution is 0.896. The molecule has 3 aromatic rings. The van der Waals surface area contributed by atoms with E-state index in [1.807, 2.05) is 49.4 Å². The van der Waals surface area contributed by atoms with Gasteiger partial charge in [0.2, 0.25) is 0 Å². The summed E-state index contributed by atoms with van der Waals surface area (Å²) in [4.78, 5) is 1.03. The summed E-state index contributed by atoms with van der Waals surface area (Å²) in [6.07, 6.45) is 0. The predicted octanol–water partition coefficient (Wildman–Crippen LogP) is 4.14. The molecule has 5 heteroatoms. The second-order valence-electron chi connectivity index (χ2n) is 4.21. The summed E-state index contributed by atoms with van der Waals surface area (Å²) in [7, 11) is 0. The van der Waals surface area contributed by atoms with Crippen LogP contribution in [0, 0.1) is 6.92 Å². The summed E-state index contributed by atoms with van der Waals surface area (Å²) in [6, 6.07) is 13.7. The Hall–Kier alpha value is -1.78. The number of thiophene rings is 1. The lowest BCUT2D eigenvalue weighted by Gasteiger charge is -2.02. The van der Waals surface area contributed by atoms with Crippen LogP contribution in [0.3, 0.4) is 0 Å². The molecule has 2 N–H and O–H groups in total. The largest absolute Gasteiger partial charge is 0.383 e. The van der Waals surface area contributed by atoms with Crippen molar-refractivity contribution in [1.29, 1.82) is 0 Å². The summed E-state index contributed by atoms with van der Waals surface area (Å²) in [6.45, 7) is 1.98. The second kappa shape index (κ2) is 4.72. The number of halogens is 1. The topological polar surface area (TPSA) is 43.8 Å². The zero-order valence-corrected chi connectivity index (χ0v) is 11.9. The molecule has 3 nitrogen and oxygen atoms in total. The van der Waals surface area contributed by atoms with Crippen LogP contribution in [0.4, 0.5) is 5.82 Å². The lowest BCUT2D eigenvalue weighted by Crippen LogP contribution is -2.01. The Balaban J connectivity index is 2.15. The number of benzene rings is 1. The van der Waals surface area contributed by atoms with E-state index < -0.39 is 0 Å². The number of anilines is 1. The summed E-state index contributed by atoms with van der Waals surface area (Å²) in [5.41, 5.74) is 8.97. The van der Waals surface area contributed by atoms with E-state index in [9.17, 15) is 0 Å². The van der Waals surface area contributed by atoms with Crippen molar-refractivity contribution in [3.8, 4) is 16.3 Å². The number of para-hydroxylation sites is 1. The minimum absolute atomic E-state index is 0.658. The molecule has 0 aliphatic rings. The van der Waals surface area contributed by atoms with Gasteiger partial charge >= 0.3 is 0 Å². The Morgan fingerprint density at radius 2 is 1.89 bits per heavy atom. The number of rotatable bonds is 2. The maximum Gasteiger partial charge on any atom is 0.130 e. The van der Waals surface area contributed by atoms with E-state index in [-0.39, 0.29) is 0 Å². The number of hydrogen-bond acceptors (Lipinski definition) is 3. The number of aromatic nitrogens is 2. The zero-order valence-electron chi connectivity index (χ0n) is 10.3. The molecule has 0 aliphatic carbocycles. The average molecular weight is 290 g/mol. The Kier molecular flexibility index (Phi) is 3.05. The lowest BCUT2D eigenvalue weighted by atomic mass is 10.2. The van der Waals surface area contributed by atoms with Gasteiger partial charge in [-0.25, -0.2) is 4.68 Å². The van der Waals surface area contributed by atoms with Crippen LogP contribution in [-0.2, 0) is 0 Å². The van der Waals surface area contributed by atoms with Crippen LogP contribution in [0.2, 0.25) is 4.34 Å². The van der Waals surface area contributed by atoms with Crippen LogP contribution >= 0.6 is 22.9 Å². The van der Waals surface area contributed by atoms with Gasteiger partial charge in [-0.3, -0.25) is 0 Å². The number of nitrogens with two attached hydrogens (primary N) is 1. The maximum atomic E-state index is 6.15. The third-order valence-corrected chi connectivity index (χ3v) is 4.21. The van der Waals surface area contributed by atoms with E-state index in [1.54, 1.807) is 4.68 Å². The van der Waals surface area contributed by atoms with Gasteiger partial charge in [0.15, 0.2) is 0 Å². The van der Waals surface area contributed by atoms with E-state index in [2.05, 4.69) is 5.10 Å². The van der Waals surface area contributed by atoms with Crippen molar-refractivity contribution in [2.75, 3.05) is 5.73 Å². The highest BCUT2D eigenvalue weighted by Gasteiger charge is 2.15. The van der Waals surface area contributed by atoms with Gasteiger partial charge in [0.05, 0.1) is 14.9 Å². The normalized spacial score (nSPS) is 10.8. The first-order valence-corrected chi connectivity index (χ1v) is 7.02. The fourth-order valence-electron chi connectivity index (χ4n) is 1.95. The van der Waals surface area contributed by atoms with E-state index >= 15 is 0 Å². The van der Waals surface area contributed by atoms with Crippen LogP contribution in [-0.4, -0.2) is 9.78 Å². The van der Waals surface area contributed by atoms with Crippen molar-refractivity contribution in [2.45, 2.75) is 6.92 Å². The Labute approximate surface area is 120 Å². The zero-order chi connectivity index (χ0) is 13.4. The van der Waals surface area contributed by atoms with Gasteiger partial charge in [0.25, 0.3) is 0 Å². The molecule has 0 bridgehead atoms. The van der Waals surface area contributed by atoms with Gasteiger partial charge in [-0.05, 0) is 31.2 Å². The van der Waals surface area contributed by atoms with Crippen molar-refractivity contribution in [1.82, 2.24) is 9.78 Å². The first-order valence-electron chi connectivity index (χ1n) is 5.83. The smallest absolute Gasteiger partial charge is 0.130 e. The molecule has 2 heterocycles. The predicted molar refractivity (Wildman–Crippen MR) is 81.0 cm³/mol. The molecule has 19 heavy (non-hydrogen) atoms. The summed E-state index contributed by atoms with van der Waals surface area (Å²) < 4.78 is 2.51. The van der Waals surface area contributed by atoms with Gasteiger partial charge in [0.1, 0.15) is 11.5 Å². The number of nitrogens with zero attached hydrogens (tertiary/aromatic N) is 2. The fraction of sp³-hybridized carbons (Fsp3) is 0.0714. The summed E-state index contributed by atoms with van der Waals surface area (Å²) >= 11 is 7.49. The minimum atomic E-state index is 0.658. The third kappa shape index (κ3) is 2.13. The first kappa shape index (κ1) is 12.3. The molecule has 0 amide bonds. The summed E-state index contributed by atoms with van der Waals surface area (Å²) in [5, 5.41) is 4.61. The Bertz CT molecular complexity index is 716. The molecule has 1 aromatic carbocycles. The van der Waals surface area contributed by atoms with Crippen molar-refractivity contribution in [3.05, 3.63) is 52.4 Å². The van der Waals surface area contributed by atoms with Crippen LogP contribution in [0.25, 0.3) is 16.3 Å². The molecule has 2 aromatic heterocycles. The van der Waals surface area contributed by atoms with Gasteiger partial charge in [-0.15, -0.1) is 11.3 Å². The Morgan fingerprint density at radius 3 is 2.53 bits per heavy atom. The molecule has 0 fully saturated rings. The fourth-order valence-corrected chi connectivity index (χ4v) is 3.04. The molecule has 0 unspecified atom stereocenters. The molecule has 0 saturated carbocycles. The first-order chi connectivity index (χ1) is 9.16. The molecular weight excluding hydrogens is 278 g/mol. The highest BCUT2D eigenvalue weighted by Crippen LogP contribution is 2.34. The van der Waals surface area contributed by atoms with Gasteiger partial charge in [-0.1, -0.05) is 29.8 Å². The number of nitrogen functional groups attached to an aromatic ring is 1.